The Bertz CT molecular complexity index is 540. The number of rotatable bonds is 4. The number of aldehydes is 1. The van der Waals surface area contributed by atoms with E-state index in [1.54, 1.807) is 0 Å². The summed E-state index contributed by atoms with van der Waals surface area (Å²) < 4.78 is 4.95. The van der Waals surface area contributed by atoms with Crippen molar-refractivity contribution >= 4 is 12.2 Å². The van der Waals surface area contributed by atoms with Gasteiger partial charge in [0.25, 0.3) is 0 Å². The summed E-state index contributed by atoms with van der Waals surface area (Å²) in [6.45, 7) is 1.89. The van der Waals surface area contributed by atoms with E-state index in [1.807, 2.05) is 0 Å². The Labute approximate surface area is 111 Å². The van der Waals surface area contributed by atoms with Crippen LogP contribution in [0.4, 0.5) is 0 Å². The van der Waals surface area contributed by atoms with Crippen LogP contribution in [0.1, 0.15) is 29.3 Å². The molecule has 5 heteroatoms. The van der Waals surface area contributed by atoms with Crippen molar-refractivity contribution in [1.82, 2.24) is 5.32 Å². The number of benzene rings is 1. The van der Waals surface area contributed by atoms with E-state index < -0.39 is 0 Å². The number of hydrogen-bond donors (Lipinski definition) is 2. The number of aromatic hydroxyl groups is 1. The highest BCUT2D eigenvalue weighted by atomic mass is 16.5. The van der Waals surface area contributed by atoms with Gasteiger partial charge in [0.2, 0.25) is 5.91 Å². The van der Waals surface area contributed by atoms with Crippen LogP contribution >= 0.6 is 0 Å². The maximum atomic E-state index is 10.9. The van der Waals surface area contributed by atoms with Crippen molar-refractivity contribution in [3.8, 4) is 23.3 Å². The minimum atomic E-state index is -0.110. The molecule has 0 radical (unpaired) electrons. The Balaban J connectivity index is 2.84. The average molecular weight is 261 g/mol. The molecule has 0 fully saturated rings. The van der Waals surface area contributed by atoms with Crippen LogP contribution in [0.25, 0.3) is 0 Å². The Kier molecular flexibility index (Phi) is 5.42. The first-order valence-corrected chi connectivity index (χ1v) is 5.68. The summed E-state index contributed by atoms with van der Waals surface area (Å²) in [5.41, 5.74) is 0.776. The summed E-state index contributed by atoms with van der Waals surface area (Å²) >= 11 is 0. The summed E-state index contributed by atoms with van der Waals surface area (Å²) in [5.74, 6) is 5.71. The second kappa shape index (κ2) is 7.07. The molecule has 2 N–H and O–H groups in total. The first-order valence-electron chi connectivity index (χ1n) is 5.68. The highest BCUT2D eigenvalue weighted by Crippen LogP contribution is 2.28. The minimum Gasteiger partial charge on any atom is -0.504 e. The van der Waals surface area contributed by atoms with Gasteiger partial charge in [-0.15, -0.1) is 0 Å². The number of nitrogens with one attached hydrogen (secondary N) is 1. The summed E-state index contributed by atoms with van der Waals surface area (Å²) in [4.78, 5) is 21.5. The summed E-state index contributed by atoms with van der Waals surface area (Å²) in [6.07, 6.45) is 1.10. The lowest BCUT2D eigenvalue weighted by Crippen LogP contribution is -2.20. The van der Waals surface area contributed by atoms with Crippen molar-refractivity contribution in [2.24, 2.45) is 0 Å². The molecule has 0 aliphatic carbocycles. The molecule has 5 nitrogen and oxygen atoms in total. The quantitative estimate of drug-likeness (QED) is 0.483. The Hall–Kier alpha value is -2.48. The van der Waals surface area contributed by atoms with Gasteiger partial charge >= 0.3 is 0 Å². The molecule has 0 aromatic heterocycles. The van der Waals surface area contributed by atoms with Gasteiger partial charge in [0.1, 0.15) is 0 Å². The third kappa shape index (κ3) is 4.36. The van der Waals surface area contributed by atoms with Crippen molar-refractivity contribution in [3.63, 3.8) is 0 Å². The van der Waals surface area contributed by atoms with Crippen LogP contribution in [-0.2, 0) is 4.79 Å². The van der Waals surface area contributed by atoms with Gasteiger partial charge in [-0.25, -0.2) is 0 Å². The van der Waals surface area contributed by atoms with Crippen molar-refractivity contribution in [2.45, 2.75) is 13.3 Å². The Morgan fingerprint density at radius 1 is 1.53 bits per heavy atom. The van der Waals surface area contributed by atoms with E-state index in [-0.39, 0.29) is 17.4 Å². The van der Waals surface area contributed by atoms with Crippen LogP contribution < -0.4 is 10.1 Å². The van der Waals surface area contributed by atoms with Crippen molar-refractivity contribution in [2.75, 3.05) is 13.7 Å². The van der Waals surface area contributed by atoms with Gasteiger partial charge in [-0.3, -0.25) is 9.59 Å². The summed E-state index contributed by atoms with van der Waals surface area (Å²) in [6, 6.07) is 2.81. The highest BCUT2D eigenvalue weighted by Gasteiger charge is 2.07. The van der Waals surface area contributed by atoms with Crippen molar-refractivity contribution < 1.29 is 19.4 Å². The zero-order valence-corrected chi connectivity index (χ0v) is 10.8. The topological polar surface area (TPSA) is 75.6 Å². The zero-order valence-electron chi connectivity index (χ0n) is 10.8. The van der Waals surface area contributed by atoms with Crippen molar-refractivity contribution in [3.05, 3.63) is 23.3 Å². The number of ether oxygens (including phenoxy) is 1. The molecular formula is C14H15NO4. The lowest BCUT2D eigenvalue weighted by atomic mass is 10.1. The van der Waals surface area contributed by atoms with Gasteiger partial charge in [0.15, 0.2) is 17.8 Å². The first kappa shape index (κ1) is 14.6. The van der Waals surface area contributed by atoms with E-state index in [0.29, 0.717) is 30.4 Å². The number of carbonyl (C=O) groups is 2. The molecule has 19 heavy (non-hydrogen) atoms. The van der Waals surface area contributed by atoms with E-state index in [2.05, 4.69) is 17.2 Å². The molecule has 1 amide bonds. The third-order valence-electron chi connectivity index (χ3n) is 2.32. The van der Waals surface area contributed by atoms with Gasteiger partial charge in [-0.2, -0.15) is 0 Å². The minimum absolute atomic E-state index is 0.103. The fourth-order valence-corrected chi connectivity index (χ4v) is 1.41. The molecule has 0 saturated heterocycles. The lowest BCUT2D eigenvalue weighted by molar-refractivity contribution is -0.118. The summed E-state index contributed by atoms with van der Waals surface area (Å²) in [7, 11) is 1.42. The van der Waals surface area contributed by atoms with E-state index in [1.165, 1.54) is 26.2 Å². The fourth-order valence-electron chi connectivity index (χ4n) is 1.41. The molecule has 0 aliphatic heterocycles. The largest absolute Gasteiger partial charge is 0.504 e. The first-order chi connectivity index (χ1) is 9.08. The fraction of sp³-hybridized carbons (Fsp3) is 0.286. The SMILES string of the molecule is COc1cc(C#CCCNC(C)=O)c(C=O)cc1O. The maximum Gasteiger partial charge on any atom is 0.216 e. The standard InChI is InChI=1S/C14H15NO4/c1-10(17)15-6-4-3-5-11-8-14(19-2)13(18)7-12(11)9-16/h7-9,18H,4,6H2,1-2H3,(H,15,17). The molecule has 1 aromatic rings. The number of hydrogen-bond acceptors (Lipinski definition) is 4. The smallest absolute Gasteiger partial charge is 0.216 e. The molecule has 1 rings (SSSR count). The number of amides is 1. The Morgan fingerprint density at radius 3 is 2.84 bits per heavy atom. The molecule has 100 valence electrons. The van der Waals surface area contributed by atoms with Gasteiger partial charge < -0.3 is 15.2 Å². The highest BCUT2D eigenvalue weighted by molar-refractivity contribution is 5.81. The van der Waals surface area contributed by atoms with Crippen LogP contribution in [0.2, 0.25) is 0 Å². The molecule has 0 bridgehead atoms. The molecule has 0 atom stereocenters. The van der Waals surface area contributed by atoms with Crippen molar-refractivity contribution in [1.29, 1.82) is 0 Å². The number of phenols is 1. The van der Waals surface area contributed by atoms with Crippen LogP contribution in [0.5, 0.6) is 11.5 Å². The van der Waals surface area contributed by atoms with E-state index in [4.69, 9.17) is 4.74 Å². The zero-order chi connectivity index (χ0) is 14.3. The van der Waals surface area contributed by atoms with E-state index in [0.717, 1.165) is 0 Å². The van der Waals surface area contributed by atoms with Crippen LogP contribution in [0, 0.1) is 11.8 Å². The van der Waals surface area contributed by atoms with Crippen LogP contribution in [0.3, 0.4) is 0 Å². The van der Waals surface area contributed by atoms with E-state index >= 15 is 0 Å². The van der Waals surface area contributed by atoms with Crippen LogP contribution in [-0.4, -0.2) is 31.0 Å². The monoisotopic (exact) mass is 261 g/mol. The van der Waals surface area contributed by atoms with Crippen LogP contribution in [0.15, 0.2) is 12.1 Å². The molecule has 0 unspecified atom stereocenters. The molecule has 0 aliphatic rings. The second-order valence-corrected chi connectivity index (χ2v) is 3.76. The van der Waals surface area contributed by atoms with E-state index in [9.17, 15) is 14.7 Å². The predicted octanol–water partition coefficient (Wildman–Crippen LogP) is 1.09. The third-order valence-corrected chi connectivity index (χ3v) is 2.32. The molecule has 0 saturated carbocycles. The molecular weight excluding hydrogens is 246 g/mol. The summed E-state index contributed by atoms with van der Waals surface area (Å²) in [5, 5.41) is 12.2. The second-order valence-electron chi connectivity index (χ2n) is 3.76. The number of carbonyl (C=O) groups excluding carboxylic acids is 2. The normalized spacial score (nSPS) is 9.16. The van der Waals surface area contributed by atoms with Gasteiger partial charge in [-0.05, 0) is 6.07 Å². The number of phenolic OH excluding ortho intramolecular Hbond substituents is 1. The number of methoxy groups -OCH3 is 1. The lowest BCUT2D eigenvalue weighted by Gasteiger charge is -2.05. The maximum absolute atomic E-state index is 10.9. The molecule has 0 spiro atoms. The molecule has 1 aromatic carbocycles. The van der Waals surface area contributed by atoms with Gasteiger partial charge in [-0.1, -0.05) is 11.8 Å². The average Bonchev–Trinajstić information content (AvgIpc) is 2.38. The van der Waals surface area contributed by atoms with Gasteiger partial charge in [0, 0.05) is 37.1 Å². The predicted molar refractivity (Wildman–Crippen MR) is 70.2 cm³/mol. The molecule has 0 heterocycles. The van der Waals surface area contributed by atoms with Gasteiger partial charge in [0.05, 0.1) is 7.11 Å². The Morgan fingerprint density at radius 2 is 2.26 bits per heavy atom.